The summed E-state index contributed by atoms with van der Waals surface area (Å²) in [5.41, 5.74) is 1.24. The minimum Gasteiger partial charge on any atom is -0.493 e. The van der Waals surface area contributed by atoms with E-state index in [-0.39, 0.29) is 16.9 Å². The first-order valence-electron chi connectivity index (χ1n) is 7.52. The molecule has 4 nitrogen and oxygen atoms in total. The van der Waals surface area contributed by atoms with Gasteiger partial charge in [0, 0.05) is 5.56 Å². The number of ether oxygens (including phenoxy) is 3. The second kappa shape index (κ2) is 6.62. The molecular formula is C20H18O4. The smallest absolute Gasteiger partial charge is 0.266 e. The summed E-state index contributed by atoms with van der Waals surface area (Å²) in [5, 5.41) is 2.23. The molecule has 24 heavy (non-hydrogen) atoms. The monoisotopic (exact) mass is 322 g/mol. The lowest BCUT2D eigenvalue weighted by atomic mass is 10.0. The summed E-state index contributed by atoms with van der Waals surface area (Å²) in [6.45, 7) is 0. The van der Waals surface area contributed by atoms with Crippen LogP contribution >= 0.6 is 0 Å². The summed E-state index contributed by atoms with van der Waals surface area (Å²) >= 11 is 0. The van der Waals surface area contributed by atoms with Gasteiger partial charge in [-0.25, -0.2) is 0 Å². The lowest BCUT2D eigenvalue weighted by molar-refractivity contribution is 0.349. The third-order valence-electron chi connectivity index (χ3n) is 3.97. The van der Waals surface area contributed by atoms with Gasteiger partial charge in [-0.15, -0.1) is 0 Å². The van der Waals surface area contributed by atoms with Gasteiger partial charge in [0.25, 0.3) is 5.43 Å². The van der Waals surface area contributed by atoms with E-state index in [4.69, 9.17) is 14.2 Å². The predicted octanol–water partition coefficient (Wildman–Crippen LogP) is 3.89. The van der Waals surface area contributed by atoms with Crippen LogP contribution in [0.3, 0.4) is 0 Å². The molecule has 0 saturated heterocycles. The SMILES string of the molecule is COc1ccc(-c2ccc3ccccc3c2)c(OC)c(=O)c1OC. The standard InChI is InChI=1S/C20H18O4/c1-22-17-11-10-16(19(23-2)18(21)20(17)24-3)15-9-8-13-6-4-5-7-14(13)12-15/h4-12H,1-3H3. The van der Waals surface area contributed by atoms with Crippen molar-refractivity contribution in [2.45, 2.75) is 0 Å². The molecule has 0 heterocycles. The van der Waals surface area contributed by atoms with Gasteiger partial charge in [0.05, 0.1) is 21.3 Å². The van der Waals surface area contributed by atoms with Crippen LogP contribution in [0.5, 0.6) is 17.2 Å². The van der Waals surface area contributed by atoms with Crippen molar-refractivity contribution < 1.29 is 14.2 Å². The Labute approximate surface area is 140 Å². The van der Waals surface area contributed by atoms with E-state index in [0.29, 0.717) is 11.3 Å². The summed E-state index contributed by atoms with van der Waals surface area (Å²) < 4.78 is 15.9. The summed E-state index contributed by atoms with van der Waals surface area (Å²) in [7, 11) is 4.42. The summed E-state index contributed by atoms with van der Waals surface area (Å²) in [6, 6.07) is 17.6. The topological polar surface area (TPSA) is 44.8 Å². The van der Waals surface area contributed by atoms with Crippen LogP contribution in [0.4, 0.5) is 0 Å². The number of hydrogen-bond donors (Lipinski definition) is 0. The van der Waals surface area contributed by atoms with Crippen LogP contribution in [0.15, 0.2) is 59.4 Å². The minimum absolute atomic E-state index is 0.126. The molecule has 0 radical (unpaired) electrons. The van der Waals surface area contributed by atoms with Gasteiger partial charge in [0.15, 0.2) is 11.5 Å². The quantitative estimate of drug-likeness (QED) is 0.731. The van der Waals surface area contributed by atoms with Crippen LogP contribution in [-0.2, 0) is 0 Å². The van der Waals surface area contributed by atoms with Gasteiger partial charge in [-0.1, -0.05) is 36.4 Å². The summed E-state index contributed by atoms with van der Waals surface area (Å²) in [5.74, 6) is 0.722. The van der Waals surface area contributed by atoms with Crippen molar-refractivity contribution in [2.24, 2.45) is 0 Å². The zero-order valence-electron chi connectivity index (χ0n) is 13.8. The molecule has 0 amide bonds. The molecule has 0 atom stereocenters. The van der Waals surface area contributed by atoms with Crippen molar-refractivity contribution in [3.8, 4) is 28.4 Å². The number of fused-ring (bicyclic) bond motifs is 1. The molecule has 0 spiro atoms. The van der Waals surface area contributed by atoms with E-state index in [0.717, 1.165) is 16.3 Å². The van der Waals surface area contributed by atoms with E-state index in [9.17, 15) is 4.79 Å². The highest BCUT2D eigenvalue weighted by Gasteiger charge is 2.16. The molecule has 0 aliphatic carbocycles. The Bertz CT molecular complexity index is 948. The molecule has 0 bridgehead atoms. The first-order valence-corrected chi connectivity index (χ1v) is 7.52. The Morgan fingerprint density at radius 1 is 0.708 bits per heavy atom. The molecule has 0 aliphatic heterocycles. The Balaban J connectivity index is 2.31. The highest BCUT2D eigenvalue weighted by atomic mass is 16.5. The van der Waals surface area contributed by atoms with Gasteiger partial charge < -0.3 is 14.2 Å². The Hall–Kier alpha value is -3.01. The molecule has 0 unspecified atom stereocenters. The Morgan fingerprint density at radius 2 is 1.42 bits per heavy atom. The van der Waals surface area contributed by atoms with Gasteiger partial charge in [-0.05, 0) is 34.5 Å². The number of rotatable bonds is 4. The van der Waals surface area contributed by atoms with Crippen molar-refractivity contribution in [3.05, 3.63) is 64.8 Å². The predicted molar refractivity (Wildman–Crippen MR) is 95.3 cm³/mol. The molecule has 0 N–H and O–H groups in total. The van der Waals surface area contributed by atoms with Crippen LogP contribution in [0.1, 0.15) is 0 Å². The van der Waals surface area contributed by atoms with Crippen LogP contribution in [-0.4, -0.2) is 21.3 Å². The fourth-order valence-corrected chi connectivity index (χ4v) is 2.79. The number of benzene rings is 2. The van der Waals surface area contributed by atoms with E-state index in [1.165, 1.54) is 21.3 Å². The summed E-state index contributed by atoms with van der Waals surface area (Å²) in [4.78, 5) is 12.7. The van der Waals surface area contributed by atoms with Crippen molar-refractivity contribution in [1.82, 2.24) is 0 Å². The third-order valence-corrected chi connectivity index (χ3v) is 3.97. The molecule has 122 valence electrons. The van der Waals surface area contributed by atoms with Crippen LogP contribution in [0, 0.1) is 0 Å². The van der Waals surface area contributed by atoms with Gasteiger partial charge in [-0.3, -0.25) is 4.79 Å². The lowest BCUT2D eigenvalue weighted by Crippen LogP contribution is -2.08. The first kappa shape index (κ1) is 15.9. The van der Waals surface area contributed by atoms with E-state index in [1.807, 2.05) is 48.5 Å². The molecule has 0 saturated carbocycles. The minimum atomic E-state index is -0.343. The van der Waals surface area contributed by atoms with Crippen LogP contribution in [0.2, 0.25) is 0 Å². The van der Waals surface area contributed by atoms with Crippen LogP contribution in [0.25, 0.3) is 21.9 Å². The van der Waals surface area contributed by atoms with Gasteiger partial charge in [-0.2, -0.15) is 0 Å². The van der Waals surface area contributed by atoms with Gasteiger partial charge in [0.2, 0.25) is 5.75 Å². The second-order valence-corrected chi connectivity index (χ2v) is 5.27. The van der Waals surface area contributed by atoms with Crippen molar-refractivity contribution in [1.29, 1.82) is 0 Å². The number of hydrogen-bond acceptors (Lipinski definition) is 4. The Morgan fingerprint density at radius 3 is 2.08 bits per heavy atom. The van der Waals surface area contributed by atoms with E-state index in [2.05, 4.69) is 0 Å². The van der Waals surface area contributed by atoms with Crippen molar-refractivity contribution in [3.63, 3.8) is 0 Å². The largest absolute Gasteiger partial charge is 0.493 e. The fourth-order valence-electron chi connectivity index (χ4n) is 2.79. The van der Waals surface area contributed by atoms with E-state index in [1.54, 1.807) is 6.07 Å². The maximum absolute atomic E-state index is 12.7. The zero-order chi connectivity index (χ0) is 17.1. The maximum atomic E-state index is 12.7. The third kappa shape index (κ3) is 2.67. The first-order chi connectivity index (χ1) is 11.7. The fraction of sp³-hybridized carbons (Fsp3) is 0.150. The lowest BCUT2D eigenvalue weighted by Gasteiger charge is -2.07. The normalized spacial score (nSPS) is 10.5. The second-order valence-electron chi connectivity index (χ2n) is 5.27. The van der Waals surface area contributed by atoms with Gasteiger partial charge in [0.1, 0.15) is 0 Å². The molecule has 0 aromatic heterocycles. The highest BCUT2D eigenvalue weighted by Crippen LogP contribution is 2.33. The highest BCUT2D eigenvalue weighted by molar-refractivity contribution is 5.88. The molecule has 4 heteroatoms. The molecular weight excluding hydrogens is 304 g/mol. The molecule has 0 aliphatic rings. The van der Waals surface area contributed by atoms with Crippen molar-refractivity contribution >= 4 is 10.8 Å². The Kier molecular flexibility index (Phi) is 4.38. The molecule has 3 aromatic rings. The average molecular weight is 322 g/mol. The average Bonchev–Trinajstić information content (AvgIpc) is 2.76. The molecule has 3 rings (SSSR count). The molecule has 3 aromatic carbocycles. The molecule has 0 fully saturated rings. The van der Waals surface area contributed by atoms with E-state index < -0.39 is 0 Å². The van der Waals surface area contributed by atoms with Gasteiger partial charge >= 0.3 is 0 Å². The van der Waals surface area contributed by atoms with E-state index >= 15 is 0 Å². The zero-order valence-corrected chi connectivity index (χ0v) is 13.8. The number of methoxy groups -OCH3 is 3. The maximum Gasteiger partial charge on any atom is 0.266 e. The summed E-state index contributed by atoms with van der Waals surface area (Å²) in [6.07, 6.45) is 0. The van der Waals surface area contributed by atoms with Crippen molar-refractivity contribution in [2.75, 3.05) is 21.3 Å². The van der Waals surface area contributed by atoms with Crippen LogP contribution < -0.4 is 19.6 Å².